The van der Waals surface area contributed by atoms with Crippen molar-refractivity contribution in [3.63, 3.8) is 0 Å². The first-order valence-corrected chi connectivity index (χ1v) is 3.69. The van der Waals surface area contributed by atoms with Crippen molar-refractivity contribution in [3.8, 4) is 23.7 Å². The van der Waals surface area contributed by atoms with Gasteiger partial charge in [-0.1, -0.05) is 11.8 Å². The van der Waals surface area contributed by atoms with Crippen molar-refractivity contribution in [1.82, 2.24) is 0 Å². The molecule has 1 N–H and O–H groups in total. The first-order valence-electron chi connectivity index (χ1n) is 3.69. The predicted molar refractivity (Wildman–Crippen MR) is 45.1 cm³/mol. The lowest BCUT2D eigenvalue weighted by atomic mass is 10.2. The average Bonchev–Trinajstić information content (AvgIpc) is 2.13. The van der Waals surface area contributed by atoms with E-state index in [1.54, 1.807) is 6.07 Å². The maximum absolute atomic E-state index is 12.7. The molecule has 0 amide bonds. The van der Waals surface area contributed by atoms with Gasteiger partial charge in [-0.2, -0.15) is 5.26 Å². The minimum absolute atomic E-state index is 0.0580. The standard InChI is InChI=1S/C10H5F2NO/c11-8-5-7(3-1-2-4-13)10(14)9(12)6-8/h5-6,14H,2H2. The van der Waals surface area contributed by atoms with Crippen LogP contribution in [-0.4, -0.2) is 5.11 Å². The van der Waals surface area contributed by atoms with Crippen molar-refractivity contribution in [1.29, 1.82) is 5.26 Å². The molecule has 1 aromatic carbocycles. The van der Waals surface area contributed by atoms with E-state index >= 15 is 0 Å². The molecule has 1 aromatic rings. The quantitative estimate of drug-likeness (QED) is 0.640. The molecule has 70 valence electrons. The van der Waals surface area contributed by atoms with Crippen molar-refractivity contribution in [2.45, 2.75) is 6.42 Å². The SMILES string of the molecule is N#CCC#Cc1cc(F)cc(F)c1O. The molecule has 0 atom stereocenters. The highest BCUT2D eigenvalue weighted by Gasteiger charge is 2.07. The monoisotopic (exact) mass is 193 g/mol. The maximum atomic E-state index is 12.7. The van der Waals surface area contributed by atoms with Gasteiger partial charge < -0.3 is 5.11 Å². The molecule has 0 aliphatic carbocycles. The number of hydrogen-bond acceptors (Lipinski definition) is 2. The number of halogens is 2. The van der Waals surface area contributed by atoms with Crippen LogP contribution in [0.3, 0.4) is 0 Å². The zero-order valence-corrected chi connectivity index (χ0v) is 7.01. The molecule has 4 heteroatoms. The smallest absolute Gasteiger partial charge is 0.169 e. The van der Waals surface area contributed by atoms with E-state index in [1.807, 2.05) is 0 Å². The number of phenols is 1. The minimum atomic E-state index is -1.06. The molecular formula is C10H5F2NO. The van der Waals surface area contributed by atoms with Crippen molar-refractivity contribution >= 4 is 0 Å². The van der Waals surface area contributed by atoms with Crippen LogP contribution in [0.1, 0.15) is 12.0 Å². The van der Waals surface area contributed by atoms with Gasteiger partial charge in [-0.15, -0.1) is 0 Å². The molecule has 0 spiro atoms. The van der Waals surface area contributed by atoms with Gasteiger partial charge in [-0.3, -0.25) is 0 Å². The van der Waals surface area contributed by atoms with Gasteiger partial charge in [0, 0.05) is 6.07 Å². The first kappa shape index (κ1) is 10.0. The molecule has 14 heavy (non-hydrogen) atoms. The number of nitriles is 1. The summed E-state index contributed by atoms with van der Waals surface area (Å²) in [5.41, 5.74) is -0.155. The van der Waals surface area contributed by atoms with Crippen LogP contribution in [0.4, 0.5) is 8.78 Å². The van der Waals surface area contributed by atoms with E-state index in [0.29, 0.717) is 6.07 Å². The predicted octanol–water partition coefficient (Wildman–Crippen LogP) is 1.94. The largest absolute Gasteiger partial charge is 0.504 e. The summed E-state index contributed by atoms with van der Waals surface area (Å²) in [6.45, 7) is 0. The Bertz CT molecular complexity index is 452. The fourth-order valence-electron chi connectivity index (χ4n) is 0.840. The second-order valence-corrected chi connectivity index (χ2v) is 2.42. The average molecular weight is 193 g/mol. The molecule has 2 nitrogen and oxygen atoms in total. The molecule has 0 bridgehead atoms. The van der Waals surface area contributed by atoms with E-state index in [1.165, 1.54) is 0 Å². The number of phenolic OH excluding ortho intramolecular Hbond substituents is 1. The topological polar surface area (TPSA) is 44.0 Å². The van der Waals surface area contributed by atoms with Gasteiger partial charge in [0.05, 0.1) is 18.1 Å². The van der Waals surface area contributed by atoms with Crippen LogP contribution in [0.25, 0.3) is 0 Å². The zero-order chi connectivity index (χ0) is 10.6. The van der Waals surface area contributed by atoms with Crippen molar-refractivity contribution in [2.75, 3.05) is 0 Å². The zero-order valence-electron chi connectivity index (χ0n) is 7.01. The second kappa shape index (κ2) is 4.25. The van der Waals surface area contributed by atoms with Gasteiger partial charge in [0.25, 0.3) is 0 Å². The summed E-state index contributed by atoms with van der Waals surface area (Å²) in [6.07, 6.45) is -0.0580. The van der Waals surface area contributed by atoms with Gasteiger partial charge in [-0.05, 0) is 6.07 Å². The summed E-state index contributed by atoms with van der Waals surface area (Å²) in [6, 6.07) is 3.21. The Morgan fingerprint density at radius 3 is 2.71 bits per heavy atom. The fourth-order valence-corrected chi connectivity index (χ4v) is 0.840. The molecule has 0 radical (unpaired) electrons. The van der Waals surface area contributed by atoms with E-state index in [-0.39, 0.29) is 12.0 Å². The molecule has 0 aliphatic heterocycles. The van der Waals surface area contributed by atoms with Gasteiger partial charge in [0.15, 0.2) is 11.6 Å². The summed E-state index contributed by atoms with van der Waals surface area (Å²) < 4.78 is 25.4. The van der Waals surface area contributed by atoms with Crippen LogP contribution in [0.2, 0.25) is 0 Å². The van der Waals surface area contributed by atoms with E-state index in [9.17, 15) is 8.78 Å². The maximum Gasteiger partial charge on any atom is 0.169 e. The van der Waals surface area contributed by atoms with Crippen molar-refractivity contribution < 1.29 is 13.9 Å². The Morgan fingerprint density at radius 1 is 1.36 bits per heavy atom. The van der Waals surface area contributed by atoms with E-state index in [0.717, 1.165) is 6.07 Å². The third kappa shape index (κ3) is 2.21. The van der Waals surface area contributed by atoms with E-state index in [2.05, 4.69) is 11.8 Å². The van der Waals surface area contributed by atoms with E-state index in [4.69, 9.17) is 10.4 Å². The Morgan fingerprint density at radius 2 is 2.07 bits per heavy atom. The normalized spacial score (nSPS) is 8.64. The van der Waals surface area contributed by atoms with Crippen LogP contribution in [0, 0.1) is 34.8 Å². The summed E-state index contributed by atoms with van der Waals surface area (Å²) in [4.78, 5) is 0. The number of nitrogens with zero attached hydrogens (tertiary/aromatic N) is 1. The molecule has 0 saturated carbocycles. The van der Waals surface area contributed by atoms with Crippen LogP contribution in [0.5, 0.6) is 5.75 Å². The molecule has 0 heterocycles. The van der Waals surface area contributed by atoms with Crippen LogP contribution >= 0.6 is 0 Å². The molecule has 0 unspecified atom stereocenters. The number of aromatic hydroxyl groups is 1. The number of rotatable bonds is 0. The van der Waals surface area contributed by atoms with Gasteiger partial charge in [0.2, 0.25) is 0 Å². The molecule has 1 rings (SSSR count). The Hall–Kier alpha value is -2.07. The Balaban J connectivity index is 3.11. The number of benzene rings is 1. The van der Waals surface area contributed by atoms with Crippen LogP contribution in [0.15, 0.2) is 12.1 Å². The molecule has 0 aromatic heterocycles. The third-order valence-corrected chi connectivity index (χ3v) is 1.42. The molecule has 0 saturated heterocycles. The lowest BCUT2D eigenvalue weighted by Gasteiger charge is -1.98. The van der Waals surface area contributed by atoms with Crippen LogP contribution < -0.4 is 0 Å². The first-order chi connectivity index (χ1) is 6.65. The Labute approximate surface area is 79.4 Å². The molecule has 0 aliphatic rings. The van der Waals surface area contributed by atoms with Crippen LogP contribution in [-0.2, 0) is 0 Å². The summed E-state index contributed by atoms with van der Waals surface area (Å²) >= 11 is 0. The van der Waals surface area contributed by atoms with Crippen molar-refractivity contribution in [2.24, 2.45) is 0 Å². The van der Waals surface area contributed by atoms with Crippen molar-refractivity contribution in [3.05, 3.63) is 29.3 Å². The lowest BCUT2D eigenvalue weighted by molar-refractivity contribution is 0.426. The summed E-state index contributed by atoms with van der Waals surface area (Å²) in [5.74, 6) is 2.06. The van der Waals surface area contributed by atoms with Gasteiger partial charge >= 0.3 is 0 Å². The highest BCUT2D eigenvalue weighted by molar-refractivity contribution is 5.46. The molecule has 0 fully saturated rings. The minimum Gasteiger partial charge on any atom is -0.504 e. The number of hydrogen-bond donors (Lipinski definition) is 1. The fraction of sp³-hybridized carbons (Fsp3) is 0.100. The second-order valence-electron chi connectivity index (χ2n) is 2.42. The molecular weight excluding hydrogens is 188 g/mol. The highest BCUT2D eigenvalue weighted by Crippen LogP contribution is 2.21. The summed E-state index contributed by atoms with van der Waals surface area (Å²) in [5, 5.41) is 17.3. The van der Waals surface area contributed by atoms with E-state index < -0.39 is 17.4 Å². The van der Waals surface area contributed by atoms with Gasteiger partial charge in [0.1, 0.15) is 5.82 Å². The lowest BCUT2D eigenvalue weighted by Crippen LogP contribution is -1.85. The summed E-state index contributed by atoms with van der Waals surface area (Å²) in [7, 11) is 0. The highest BCUT2D eigenvalue weighted by atomic mass is 19.1. The Kier molecular flexibility index (Phi) is 3.04. The van der Waals surface area contributed by atoms with Gasteiger partial charge in [-0.25, -0.2) is 8.78 Å². The third-order valence-electron chi connectivity index (χ3n) is 1.42.